The minimum atomic E-state index is -0.348. The normalized spacial score (nSPS) is 19.2. The van der Waals surface area contributed by atoms with Crippen LogP contribution in [0.1, 0.15) is 22.3 Å². The highest BCUT2D eigenvalue weighted by molar-refractivity contribution is 6.06. The first-order chi connectivity index (χ1) is 18.0. The van der Waals surface area contributed by atoms with Crippen LogP contribution in [0.25, 0.3) is 22.3 Å². The summed E-state index contributed by atoms with van der Waals surface area (Å²) in [5.74, 6) is 0.562. The van der Waals surface area contributed by atoms with E-state index in [4.69, 9.17) is 9.72 Å². The molecule has 2 aliphatic rings. The minimum absolute atomic E-state index is 0.0692. The summed E-state index contributed by atoms with van der Waals surface area (Å²) in [4.78, 5) is 28.9. The summed E-state index contributed by atoms with van der Waals surface area (Å²) in [5, 5.41) is 17.5. The number of ether oxygens (including phenoxy) is 1. The van der Waals surface area contributed by atoms with Crippen molar-refractivity contribution in [3.8, 4) is 11.3 Å². The number of amides is 1. The monoisotopic (exact) mass is 499 g/mol. The van der Waals surface area contributed by atoms with E-state index in [1.165, 1.54) is 0 Å². The lowest BCUT2D eigenvalue weighted by atomic mass is 9.95. The van der Waals surface area contributed by atoms with Crippen LogP contribution in [0.4, 0.5) is 17.2 Å². The third-order valence-corrected chi connectivity index (χ3v) is 7.31. The second-order valence-electron chi connectivity index (χ2n) is 9.62. The number of rotatable bonds is 6. The molecule has 4 aromatic rings. The summed E-state index contributed by atoms with van der Waals surface area (Å²) >= 11 is 0. The number of fused-ring (bicyclic) bond motifs is 2. The molecule has 0 unspecified atom stereocenters. The van der Waals surface area contributed by atoms with E-state index < -0.39 is 0 Å². The van der Waals surface area contributed by atoms with Crippen molar-refractivity contribution in [3.63, 3.8) is 0 Å². The first kappa shape index (κ1) is 23.4. The van der Waals surface area contributed by atoms with Crippen molar-refractivity contribution in [2.45, 2.75) is 19.1 Å². The van der Waals surface area contributed by atoms with Gasteiger partial charge in [-0.25, -0.2) is 9.97 Å². The molecule has 0 aromatic carbocycles. The average molecular weight is 500 g/mol. The molecule has 37 heavy (non-hydrogen) atoms. The van der Waals surface area contributed by atoms with Crippen LogP contribution in [0.3, 0.4) is 0 Å². The standard InChI is InChI=1S/C27H29N7O3/c1-33-9-6-19-18(5-8-28-26(19)33)25-20-12-31-27(36)24(20)21(13-30-25)32-23-4-3-17(11-29-23)34-10-7-22(35)16(14-34)15-37-2/h3-6,8-9,11,13,16,22,35H,7,10,12,14-15H2,1-2H3,(H,29,32)(H,31,36)/t16-,22-/m1/s1. The molecule has 3 N–H and O–H groups in total. The Hall–Kier alpha value is -4.02. The van der Waals surface area contributed by atoms with Gasteiger partial charge in [-0.15, -0.1) is 0 Å². The van der Waals surface area contributed by atoms with Crippen LogP contribution in [0.2, 0.25) is 0 Å². The number of aliphatic hydroxyl groups is 1. The van der Waals surface area contributed by atoms with Crippen LogP contribution in [0.15, 0.2) is 49.1 Å². The molecule has 10 nitrogen and oxygen atoms in total. The second kappa shape index (κ2) is 9.45. The molecule has 2 aliphatic heterocycles. The maximum atomic E-state index is 12.8. The molecule has 0 aliphatic carbocycles. The van der Waals surface area contributed by atoms with E-state index in [1.807, 2.05) is 48.3 Å². The van der Waals surface area contributed by atoms with E-state index in [-0.39, 0.29) is 17.9 Å². The lowest BCUT2D eigenvalue weighted by Gasteiger charge is -2.37. The molecule has 0 bridgehead atoms. The topological polar surface area (TPSA) is 117 Å². The third kappa shape index (κ3) is 4.17. The molecule has 0 spiro atoms. The van der Waals surface area contributed by atoms with Crippen LogP contribution < -0.4 is 15.5 Å². The number of pyridine rings is 3. The molecular weight excluding hydrogens is 470 g/mol. The van der Waals surface area contributed by atoms with E-state index >= 15 is 0 Å². The molecule has 2 atom stereocenters. The zero-order valence-corrected chi connectivity index (χ0v) is 20.8. The average Bonchev–Trinajstić information content (AvgIpc) is 3.49. The number of hydrogen-bond acceptors (Lipinski definition) is 8. The predicted molar refractivity (Wildman–Crippen MR) is 141 cm³/mol. The number of nitrogens with one attached hydrogen (secondary N) is 2. The van der Waals surface area contributed by atoms with Crippen molar-refractivity contribution in [3.05, 3.63) is 60.2 Å². The number of nitrogens with zero attached hydrogens (tertiary/aromatic N) is 5. The zero-order chi connectivity index (χ0) is 25.5. The van der Waals surface area contributed by atoms with Gasteiger partial charge in [-0.05, 0) is 30.7 Å². The third-order valence-electron chi connectivity index (χ3n) is 7.31. The highest BCUT2D eigenvalue weighted by Crippen LogP contribution is 2.36. The molecule has 6 heterocycles. The highest BCUT2D eigenvalue weighted by atomic mass is 16.5. The van der Waals surface area contributed by atoms with Gasteiger partial charge in [0, 0.05) is 68.6 Å². The summed E-state index contributed by atoms with van der Waals surface area (Å²) in [6.45, 7) is 2.42. The van der Waals surface area contributed by atoms with Crippen molar-refractivity contribution >= 4 is 34.1 Å². The Morgan fingerprint density at radius 1 is 1.19 bits per heavy atom. The lowest BCUT2D eigenvalue weighted by Crippen LogP contribution is -2.45. The van der Waals surface area contributed by atoms with Gasteiger partial charge >= 0.3 is 0 Å². The number of anilines is 3. The van der Waals surface area contributed by atoms with E-state index in [9.17, 15) is 9.90 Å². The Bertz CT molecular complexity index is 1470. The van der Waals surface area contributed by atoms with E-state index in [0.717, 1.165) is 40.1 Å². The van der Waals surface area contributed by atoms with Gasteiger partial charge in [0.15, 0.2) is 0 Å². The van der Waals surface area contributed by atoms with Crippen LogP contribution in [0, 0.1) is 5.92 Å². The largest absolute Gasteiger partial charge is 0.393 e. The molecule has 0 saturated carbocycles. The van der Waals surface area contributed by atoms with Gasteiger partial charge in [0.25, 0.3) is 5.91 Å². The Labute approximate surface area is 214 Å². The van der Waals surface area contributed by atoms with Crippen molar-refractivity contribution < 1.29 is 14.6 Å². The van der Waals surface area contributed by atoms with E-state index in [2.05, 4.69) is 25.5 Å². The SMILES string of the molecule is COC[C@H]1CN(c2ccc(Nc3cnc(-c4ccnc5c4ccn5C)c4c3C(=O)NC4)nc2)CC[C@H]1O. The summed E-state index contributed by atoms with van der Waals surface area (Å²) in [6, 6.07) is 7.86. The van der Waals surface area contributed by atoms with Crippen molar-refractivity contribution in [1.29, 1.82) is 0 Å². The highest BCUT2D eigenvalue weighted by Gasteiger charge is 2.29. The van der Waals surface area contributed by atoms with Gasteiger partial charge in [-0.3, -0.25) is 9.78 Å². The summed E-state index contributed by atoms with van der Waals surface area (Å²) in [5.41, 5.74) is 5.65. The molecule has 1 fully saturated rings. The molecular formula is C27H29N7O3. The number of piperidine rings is 1. The maximum absolute atomic E-state index is 12.8. The Kier molecular flexibility index (Phi) is 5.97. The number of methoxy groups -OCH3 is 1. The predicted octanol–water partition coefficient (Wildman–Crippen LogP) is 2.85. The first-order valence-corrected chi connectivity index (χ1v) is 12.4. The van der Waals surface area contributed by atoms with Crippen molar-refractivity contribution in [2.24, 2.45) is 13.0 Å². The minimum Gasteiger partial charge on any atom is -0.393 e. The van der Waals surface area contributed by atoms with Crippen molar-refractivity contribution in [1.82, 2.24) is 24.8 Å². The molecule has 6 rings (SSSR count). The number of aliphatic hydroxyl groups excluding tert-OH is 1. The molecule has 190 valence electrons. The molecule has 10 heteroatoms. The quantitative estimate of drug-likeness (QED) is 0.371. The van der Waals surface area contributed by atoms with Gasteiger partial charge in [0.2, 0.25) is 0 Å². The summed E-state index contributed by atoms with van der Waals surface area (Å²) in [7, 11) is 3.62. The van der Waals surface area contributed by atoms with Gasteiger partial charge < -0.3 is 29.9 Å². The Morgan fingerprint density at radius 3 is 2.89 bits per heavy atom. The number of aromatic nitrogens is 4. The summed E-state index contributed by atoms with van der Waals surface area (Å²) in [6.07, 6.45) is 7.60. The van der Waals surface area contributed by atoms with Gasteiger partial charge in [0.1, 0.15) is 11.5 Å². The van der Waals surface area contributed by atoms with E-state index in [1.54, 1.807) is 19.5 Å². The molecule has 1 amide bonds. The van der Waals surface area contributed by atoms with Crippen LogP contribution >= 0.6 is 0 Å². The lowest BCUT2D eigenvalue weighted by molar-refractivity contribution is 0.0359. The molecule has 1 saturated heterocycles. The fraction of sp³-hybridized carbons (Fsp3) is 0.333. The number of carbonyl (C=O) groups excluding carboxylic acids is 1. The maximum Gasteiger partial charge on any atom is 0.254 e. The van der Waals surface area contributed by atoms with Crippen LogP contribution in [-0.4, -0.2) is 63.4 Å². The number of hydrogen-bond donors (Lipinski definition) is 3. The van der Waals surface area contributed by atoms with E-state index in [0.29, 0.717) is 43.2 Å². The first-order valence-electron chi connectivity index (χ1n) is 12.4. The van der Waals surface area contributed by atoms with Gasteiger partial charge in [-0.2, -0.15) is 0 Å². The fourth-order valence-electron chi connectivity index (χ4n) is 5.36. The Balaban J connectivity index is 1.27. The summed E-state index contributed by atoms with van der Waals surface area (Å²) < 4.78 is 7.24. The molecule has 4 aromatic heterocycles. The van der Waals surface area contributed by atoms with Crippen LogP contribution in [-0.2, 0) is 18.3 Å². The second-order valence-corrected chi connectivity index (χ2v) is 9.62. The van der Waals surface area contributed by atoms with Crippen molar-refractivity contribution in [2.75, 3.05) is 37.0 Å². The Morgan fingerprint density at radius 2 is 2.08 bits per heavy atom. The zero-order valence-electron chi connectivity index (χ0n) is 20.8. The number of carbonyl (C=O) groups is 1. The fourth-order valence-corrected chi connectivity index (χ4v) is 5.36. The van der Waals surface area contributed by atoms with Crippen LogP contribution in [0.5, 0.6) is 0 Å². The van der Waals surface area contributed by atoms with Gasteiger partial charge in [-0.1, -0.05) is 0 Å². The smallest absolute Gasteiger partial charge is 0.254 e. The van der Waals surface area contributed by atoms with Gasteiger partial charge in [0.05, 0.1) is 47.7 Å². The molecule has 0 radical (unpaired) electrons. The number of aryl methyl sites for hydroxylation is 1.